The number of hydrogen-bond acceptors (Lipinski definition) is 2. The van der Waals surface area contributed by atoms with E-state index in [0.717, 1.165) is 0 Å². The molecule has 0 aliphatic carbocycles. The van der Waals surface area contributed by atoms with Crippen molar-refractivity contribution in [3.63, 3.8) is 0 Å². The van der Waals surface area contributed by atoms with Gasteiger partial charge in [-0.25, -0.2) is 0 Å². The Morgan fingerprint density at radius 3 is 2.00 bits per heavy atom. The summed E-state index contributed by atoms with van der Waals surface area (Å²) in [5, 5.41) is 3.46. The van der Waals surface area contributed by atoms with Crippen LogP contribution in [-0.2, 0) is 0 Å². The molecule has 18 heavy (non-hydrogen) atoms. The zero-order valence-corrected chi connectivity index (χ0v) is 13.5. The maximum atomic E-state index is 3.46. The van der Waals surface area contributed by atoms with Crippen LogP contribution in [0.1, 0.15) is 66.7 Å². The minimum absolute atomic E-state index is 0.308. The van der Waals surface area contributed by atoms with Gasteiger partial charge < -0.3 is 5.32 Å². The maximum Gasteiger partial charge on any atom is 0.0328 e. The second-order valence-electron chi connectivity index (χ2n) is 6.42. The monoisotopic (exact) mass is 254 g/mol. The summed E-state index contributed by atoms with van der Waals surface area (Å²) in [6.07, 6.45) is 6.68. The van der Waals surface area contributed by atoms with Crippen molar-refractivity contribution in [2.75, 3.05) is 20.1 Å². The Morgan fingerprint density at radius 2 is 1.67 bits per heavy atom. The molecule has 1 saturated heterocycles. The van der Waals surface area contributed by atoms with Gasteiger partial charge in [-0.3, -0.25) is 4.90 Å². The summed E-state index contributed by atoms with van der Waals surface area (Å²) >= 11 is 0. The molecule has 0 amide bonds. The van der Waals surface area contributed by atoms with Crippen molar-refractivity contribution in [2.45, 2.75) is 78.3 Å². The SMILES string of the molecule is CCC1(CC)CCN(C(C)(CC)C(C)NC)CC1. The molecular weight excluding hydrogens is 220 g/mol. The quantitative estimate of drug-likeness (QED) is 0.778. The number of nitrogens with zero attached hydrogens (tertiary/aromatic N) is 1. The van der Waals surface area contributed by atoms with Gasteiger partial charge in [-0.15, -0.1) is 0 Å². The minimum atomic E-state index is 0.308. The zero-order valence-electron chi connectivity index (χ0n) is 13.5. The molecule has 1 aliphatic rings. The van der Waals surface area contributed by atoms with E-state index >= 15 is 0 Å². The van der Waals surface area contributed by atoms with Crippen LogP contribution in [0.15, 0.2) is 0 Å². The standard InChI is InChI=1S/C16H34N2/c1-7-15(5,14(4)17-6)18-12-10-16(8-2,9-3)11-13-18/h14,17H,7-13H2,1-6H3. The van der Waals surface area contributed by atoms with Crippen LogP contribution >= 0.6 is 0 Å². The van der Waals surface area contributed by atoms with Gasteiger partial charge in [0.1, 0.15) is 0 Å². The molecule has 1 heterocycles. The van der Waals surface area contributed by atoms with Crippen LogP contribution in [-0.4, -0.2) is 36.6 Å². The smallest absolute Gasteiger partial charge is 0.0328 e. The second kappa shape index (κ2) is 6.38. The summed E-state index contributed by atoms with van der Waals surface area (Å²) in [6.45, 7) is 14.4. The molecule has 0 aromatic rings. The highest BCUT2D eigenvalue weighted by atomic mass is 15.2. The first-order chi connectivity index (χ1) is 8.48. The molecule has 2 unspecified atom stereocenters. The number of rotatable bonds is 6. The number of nitrogens with one attached hydrogen (secondary N) is 1. The van der Waals surface area contributed by atoms with Gasteiger partial charge in [0.2, 0.25) is 0 Å². The minimum Gasteiger partial charge on any atom is -0.315 e. The van der Waals surface area contributed by atoms with E-state index in [4.69, 9.17) is 0 Å². The van der Waals surface area contributed by atoms with Crippen LogP contribution in [0.5, 0.6) is 0 Å². The molecule has 1 aliphatic heterocycles. The van der Waals surface area contributed by atoms with Crippen molar-refractivity contribution in [3.05, 3.63) is 0 Å². The summed E-state index contributed by atoms with van der Waals surface area (Å²) in [5.41, 5.74) is 0.941. The molecule has 1 rings (SSSR count). The van der Waals surface area contributed by atoms with Gasteiger partial charge in [0.25, 0.3) is 0 Å². The molecule has 2 nitrogen and oxygen atoms in total. The Hall–Kier alpha value is -0.0800. The summed E-state index contributed by atoms with van der Waals surface area (Å²) < 4.78 is 0. The van der Waals surface area contributed by atoms with Crippen molar-refractivity contribution in [1.29, 1.82) is 0 Å². The van der Waals surface area contributed by atoms with E-state index in [2.05, 4.69) is 51.9 Å². The molecule has 0 saturated carbocycles. The molecule has 1 N–H and O–H groups in total. The van der Waals surface area contributed by atoms with Gasteiger partial charge >= 0.3 is 0 Å². The number of piperidine rings is 1. The van der Waals surface area contributed by atoms with E-state index in [1.54, 1.807) is 0 Å². The van der Waals surface area contributed by atoms with Gasteiger partial charge in [-0.2, -0.15) is 0 Å². The van der Waals surface area contributed by atoms with Crippen LogP contribution in [0, 0.1) is 5.41 Å². The van der Waals surface area contributed by atoms with Crippen molar-refractivity contribution in [2.24, 2.45) is 5.41 Å². The fraction of sp³-hybridized carbons (Fsp3) is 1.00. The van der Waals surface area contributed by atoms with E-state index in [0.29, 0.717) is 17.0 Å². The average molecular weight is 254 g/mol. The molecular formula is C16H34N2. The van der Waals surface area contributed by atoms with Gasteiger partial charge in [0.05, 0.1) is 0 Å². The van der Waals surface area contributed by atoms with Crippen molar-refractivity contribution in [3.8, 4) is 0 Å². The maximum absolute atomic E-state index is 3.46. The van der Waals surface area contributed by atoms with E-state index < -0.39 is 0 Å². The highest BCUT2D eigenvalue weighted by Gasteiger charge is 2.40. The van der Waals surface area contributed by atoms with Crippen LogP contribution in [0.3, 0.4) is 0 Å². The lowest BCUT2D eigenvalue weighted by molar-refractivity contribution is 0.00302. The third-order valence-electron chi connectivity index (χ3n) is 6.13. The lowest BCUT2D eigenvalue weighted by Gasteiger charge is -2.51. The molecule has 1 fully saturated rings. The predicted molar refractivity (Wildman–Crippen MR) is 81.0 cm³/mol. The fourth-order valence-corrected chi connectivity index (χ4v) is 3.56. The lowest BCUT2D eigenvalue weighted by atomic mass is 9.72. The van der Waals surface area contributed by atoms with Gasteiger partial charge in [0.15, 0.2) is 0 Å². The largest absolute Gasteiger partial charge is 0.315 e. The van der Waals surface area contributed by atoms with Gasteiger partial charge in [0, 0.05) is 11.6 Å². The fourth-order valence-electron chi connectivity index (χ4n) is 3.56. The lowest BCUT2D eigenvalue weighted by Crippen LogP contribution is -2.60. The van der Waals surface area contributed by atoms with E-state index in [1.807, 2.05) is 0 Å². The summed E-state index contributed by atoms with van der Waals surface area (Å²) in [7, 11) is 2.09. The number of likely N-dealkylation sites (tertiary alicyclic amines) is 1. The second-order valence-corrected chi connectivity index (χ2v) is 6.42. The number of hydrogen-bond donors (Lipinski definition) is 1. The highest BCUT2D eigenvalue weighted by Crippen LogP contribution is 2.40. The molecule has 0 aromatic carbocycles. The Kier molecular flexibility index (Phi) is 5.67. The third kappa shape index (κ3) is 2.91. The van der Waals surface area contributed by atoms with Gasteiger partial charge in [-0.05, 0) is 58.7 Å². The first kappa shape index (κ1) is 16.0. The Labute approximate surface area is 115 Å². The van der Waals surface area contributed by atoms with Crippen molar-refractivity contribution in [1.82, 2.24) is 10.2 Å². The molecule has 108 valence electrons. The average Bonchev–Trinajstić information content (AvgIpc) is 2.45. The predicted octanol–water partition coefficient (Wildman–Crippen LogP) is 3.67. The summed E-state index contributed by atoms with van der Waals surface area (Å²) in [4.78, 5) is 2.73. The van der Waals surface area contributed by atoms with Crippen LogP contribution in [0.4, 0.5) is 0 Å². The molecule has 2 atom stereocenters. The van der Waals surface area contributed by atoms with Crippen LogP contribution < -0.4 is 5.32 Å². The van der Waals surface area contributed by atoms with Crippen LogP contribution in [0.25, 0.3) is 0 Å². The Morgan fingerprint density at radius 1 is 1.17 bits per heavy atom. The van der Waals surface area contributed by atoms with E-state index in [9.17, 15) is 0 Å². The Balaban J connectivity index is 2.71. The first-order valence-corrected chi connectivity index (χ1v) is 7.90. The Bertz CT molecular complexity index is 237. The van der Waals surface area contributed by atoms with Crippen LogP contribution in [0.2, 0.25) is 0 Å². The van der Waals surface area contributed by atoms with E-state index in [1.165, 1.54) is 45.2 Å². The molecule has 0 bridgehead atoms. The zero-order chi connectivity index (χ0) is 13.8. The molecule has 2 heteroatoms. The third-order valence-corrected chi connectivity index (χ3v) is 6.13. The molecule has 0 spiro atoms. The van der Waals surface area contributed by atoms with Crippen molar-refractivity contribution >= 4 is 0 Å². The molecule has 0 aromatic heterocycles. The van der Waals surface area contributed by atoms with Gasteiger partial charge in [-0.1, -0.05) is 33.6 Å². The summed E-state index contributed by atoms with van der Waals surface area (Å²) in [5.74, 6) is 0. The normalized spacial score (nSPS) is 25.7. The first-order valence-electron chi connectivity index (χ1n) is 7.90. The van der Waals surface area contributed by atoms with E-state index in [-0.39, 0.29) is 0 Å². The summed E-state index contributed by atoms with van der Waals surface area (Å²) in [6, 6.07) is 0.554. The number of likely N-dealkylation sites (N-methyl/N-ethyl adjacent to an activating group) is 1. The molecule has 0 radical (unpaired) electrons. The highest BCUT2D eigenvalue weighted by molar-refractivity contribution is 4.97. The van der Waals surface area contributed by atoms with Crippen molar-refractivity contribution < 1.29 is 0 Å². The topological polar surface area (TPSA) is 15.3 Å².